The van der Waals surface area contributed by atoms with Crippen LogP contribution in [0.1, 0.15) is 26.7 Å². The van der Waals surface area contributed by atoms with Crippen molar-refractivity contribution in [2.24, 2.45) is 20.0 Å². The quantitative estimate of drug-likeness (QED) is 0.627. The number of carbonyl (C=O) groups excluding carboxylic acids is 1. The first-order valence-electron chi connectivity index (χ1n) is 9.15. The van der Waals surface area contributed by atoms with Crippen LogP contribution in [0.15, 0.2) is 15.9 Å². The molecule has 0 aliphatic heterocycles. The Hall–Kier alpha value is -2.42. The fourth-order valence-corrected chi connectivity index (χ4v) is 3.09. The summed E-state index contributed by atoms with van der Waals surface area (Å²) in [6.45, 7) is 6.41. The van der Waals surface area contributed by atoms with Crippen LogP contribution < -0.4 is 11.2 Å². The zero-order chi connectivity index (χ0) is 20.1. The Kier molecular flexibility index (Phi) is 6.95. The highest BCUT2D eigenvalue weighted by atomic mass is 16.5. The van der Waals surface area contributed by atoms with Crippen molar-refractivity contribution in [1.29, 1.82) is 0 Å². The fourth-order valence-electron chi connectivity index (χ4n) is 3.09. The average Bonchev–Trinajstić information content (AvgIpc) is 3.05. The molecule has 150 valence electrons. The van der Waals surface area contributed by atoms with Gasteiger partial charge in [-0.3, -0.25) is 18.7 Å². The average molecular weight is 379 g/mol. The molecule has 2 rings (SSSR count). The van der Waals surface area contributed by atoms with Crippen molar-refractivity contribution >= 4 is 17.1 Å². The number of hydrogen-bond acceptors (Lipinski definition) is 5. The Balaban J connectivity index is 2.09. The standard InChI is InChI=1S/C18H29N5O4/c1-13(2)11-22(9-10-27-5)14(24)7-6-8-23-12-19-16-15(23)17(25)21(4)18(26)20(16)3/h12-13H,6-11H2,1-5H3. The van der Waals surface area contributed by atoms with Gasteiger partial charge in [-0.2, -0.15) is 0 Å². The summed E-state index contributed by atoms with van der Waals surface area (Å²) in [5.41, 5.74) is -0.0460. The number of nitrogens with zero attached hydrogens (tertiary/aromatic N) is 5. The third kappa shape index (κ3) is 4.65. The van der Waals surface area contributed by atoms with E-state index in [0.717, 1.165) is 4.57 Å². The van der Waals surface area contributed by atoms with Crippen molar-refractivity contribution in [1.82, 2.24) is 23.6 Å². The highest BCUT2D eigenvalue weighted by Gasteiger charge is 2.16. The second-order valence-electron chi connectivity index (χ2n) is 7.15. The van der Waals surface area contributed by atoms with E-state index in [1.54, 1.807) is 25.1 Å². The minimum Gasteiger partial charge on any atom is -0.383 e. The molecule has 0 spiro atoms. The van der Waals surface area contributed by atoms with Crippen molar-refractivity contribution in [3.63, 3.8) is 0 Å². The summed E-state index contributed by atoms with van der Waals surface area (Å²) in [6.07, 6.45) is 2.51. The van der Waals surface area contributed by atoms with Crippen molar-refractivity contribution in [2.75, 3.05) is 26.8 Å². The van der Waals surface area contributed by atoms with Crippen molar-refractivity contribution < 1.29 is 9.53 Å². The lowest BCUT2D eigenvalue weighted by Crippen LogP contribution is -2.37. The molecule has 0 aliphatic carbocycles. The van der Waals surface area contributed by atoms with Crippen LogP contribution in [-0.2, 0) is 30.2 Å². The number of ether oxygens (including phenoxy) is 1. The second kappa shape index (κ2) is 8.98. The lowest BCUT2D eigenvalue weighted by Gasteiger charge is -2.24. The Morgan fingerprint density at radius 3 is 2.59 bits per heavy atom. The van der Waals surface area contributed by atoms with Gasteiger partial charge in [0, 0.05) is 47.3 Å². The number of methoxy groups -OCH3 is 1. The number of hydrogen-bond donors (Lipinski definition) is 0. The van der Waals surface area contributed by atoms with Gasteiger partial charge in [-0.15, -0.1) is 0 Å². The monoisotopic (exact) mass is 379 g/mol. The first-order valence-corrected chi connectivity index (χ1v) is 9.15. The van der Waals surface area contributed by atoms with Crippen molar-refractivity contribution in [3.8, 4) is 0 Å². The minimum atomic E-state index is -0.407. The highest BCUT2D eigenvalue weighted by Crippen LogP contribution is 2.09. The van der Waals surface area contributed by atoms with E-state index in [1.165, 1.54) is 11.6 Å². The summed E-state index contributed by atoms with van der Waals surface area (Å²) in [7, 11) is 4.66. The van der Waals surface area contributed by atoms with Crippen LogP contribution >= 0.6 is 0 Å². The van der Waals surface area contributed by atoms with Gasteiger partial charge in [0.05, 0.1) is 12.9 Å². The molecule has 2 aromatic rings. The van der Waals surface area contributed by atoms with E-state index in [-0.39, 0.29) is 11.5 Å². The Morgan fingerprint density at radius 2 is 1.96 bits per heavy atom. The van der Waals surface area contributed by atoms with E-state index in [9.17, 15) is 14.4 Å². The zero-order valence-electron chi connectivity index (χ0n) is 16.8. The molecular formula is C18H29N5O4. The van der Waals surface area contributed by atoms with E-state index < -0.39 is 5.69 Å². The van der Waals surface area contributed by atoms with Crippen molar-refractivity contribution in [2.45, 2.75) is 33.2 Å². The van der Waals surface area contributed by atoms with Gasteiger partial charge in [-0.25, -0.2) is 9.78 Å². The van der Waals surface area contributed by atoms with E-state index in [4.69, 9.17) is 4.74 Å². The van der Waals surface area contributed by atoms with Gasteiger partial charge in [0.1, 0.15) is 0 Å². The predicted octanol–water partition coefficient (Wildman–Crippen LogP) is 0.345. The Bertz CT molecular complexity index is 909. The number of aromatic nitrogens is 4. The van der Waals surface area contributed by atoms with Crippen molar-refractivity contribution in [3.05, 3.63) is 27.2 Å². The summed E-state index contributed by atoms with van der Waals surface area (Å²) >= 11 is 0. The van der Waals surface area contributed by atoms with E-state index in [2.05, 4.69) is 18.8 Å². The first kappa shape index (κ1) is 20.9. The summed E-state index contributed by atoms with van der Waals surface area (Å²) in [6, 6.07) is 0. The SMILES string of the molecule is COCCN(CC(C)C)C(=O)CCCn1cnc2c1c(=O)n(C)c(=O)n2C. The molecule has 0 saturated carbocycles. The van der Waals surface area contributed by atoms with Crippen LogP contribution in [0.25, 0.3) is 11.2 Å². The molecule has 9 heteroatoms. The third-order valence-corrected chi connectivity index (χ3v) is 4.51. The first-order chi connectivity index (χ1) is 12.8. The molecule has 2 aromatic heterocycles. The number of fused-ring (bicyclic) bond motifs is 1. The normalized spacial score (nSPS) is 11.5. The largest absolute Gasteiger partial charge is 0.383 e. The molecule has 0 bridgehead atoms. The van der Waals surface area contributed by atoms with Crippen LogP contribution in [0.3, 0.4) is 0 Å². The van der Waals surface area contributed by atoms with Crippen LogP contribution in [0, 0.1) is 5.92 Å². The third-order valence-electron chi connectivity index (χ3n) is 4.51. The summed E-state index contributed by atoms with van der Waals surface area (Å²) in [5.74, 6) is 0.457. The molecule has 0 aliphatic rings. The number of imidazole rings is 1. The molecule has 1 amide bonds. The summed E-state index contributed by atoms with van der Waals surface area (Å²) in [5, 5.41) is 0. The van der Waals surface area contributed by atoms with Gasteiger partial charge in [0.15, 0.2) is 11.2 Å². The molecule has 0 unspecified atom stereocenters. The van der Waals surface area contributed by atoms with Gasteiger partial charge in [-0.05, 0) is 12.3 Å². The number of amides is 1. The maximum absolute atomic E-state index is 12.5. The van der Waals surface area contributed by atoms with Crippen LogP contribution in [0.2, 0.25) is 0 Å². The van der Waals surface area contributed by atoms with Crippen LogP contribution in [0.5, 0.6) is 0 Å². The van der Waals surface area contributed by atoms with E-state index in [1.807, 2.05) is 4.90 Å². The number of carbonyl (C=O) groups is 1. The van der Waals surface area contributed by atoms with E-state index >= 15 is 0 Å². The molecule has 0 aromatic carbocycles. The van der Waals surface area contributed by atoms with Crippen LogP contribution in [0.4, 0.5) is 0 Å². The Morgan fingerprint density at radius 1 is 1.26 bits per heavy atom. The number of aryl methyl sites for hydroxylation is 2. The van der Waals surface area contributed by atoms with E-state index in [0.29, 0.717) is 56.2 Å². The van der Waals surface area contributed by atoms with Gasteiger partial charge >= 0.3 is 5.69 Å². The number of rotatable bonds is 9. The second-order valence-corrected chi connectivity index (χ2v) is 7.15. The summed E-state index contributed by atoms with van der Waals surface area (Å²) < 4.78 is 9.23. The molecule has 27 heavy (non-hydrogen) atoms. The molecular weight excluding hydrogens is 350 g/mol. The minimum absolute atomic E-state index is 0.0745. The summed E-state index contributed by atoms with van der Waals surface area (Å²) in [4.78, 5) is 43.0. The lowest BCUT2D eigenvalue weighted by molar-refractivity contribution is -0.132. The molecule has 0 fully saturated rings. The maximum Gasteiger partial charge on any atom is 0.332 e. The topological polar surface area (TPSA) is 91.4 Å². The van der Waals surface area contributed by atoms with Crippen LogP contribution in [-0.4, -0.2) is 56.3 Å². The molecule has 9 nitrogen and oxygen atoms in total. The molecule has 2 heterocycles. The van der Waals surface area contributed by atoms with Gasteiger partial charge in [0.25, 0.3) is 5.56 Å². The molecule has 0 radical (unpaired) electrons. The van der Waals surface area contributed by atoms with Gasteiger partial charge in [0.2, 0.25) is 5.91 Å². The van der Waals surface area contributed by atoms with Gasteiger partial charge < -0.3 is 14.2 Å². The lowest BCUT2D eigenvalue weighted by atomic mass is 10.2. The maximum atomic E-state index is 12.5. The zero-order valence-corrected chi connectivity index (χ0v) is 16.8. The molecule has 0 N–H and O–H groups in total. The van der Waals surface area contributed by atoms with Gasteiger partial charge in [-0.1, -0.05) is 13.8 Å². The highest BCUT2D eigenvalue weighted by molar-refractivity contribution is 5.76. The molecule has 0 atom stereocenters. The molecule has 0 saturated heterocycles. The predicted molar refractivity (Wildman–Crippen MR) is 103 cm³/mol. The Labute approximate surface area is 158 Å². The fraction of sp³-hybridized carbons (Fsp3) is 0.667. The smallest absolute Gasteiger partial charge is 0.332 e.